The van der Waals surface area contributed by atoms with Gasteiger partial charge in [-0.05, 0) is 12.8 Å². The van der Waals surface area contributed by atoms with Crippen LogP contribution in [0.2, 0.25) is 0 Å². The van der Waals surface area contributed by atoms with Gasteiger partial charge in [-0.25, -0.2) is 9.13 Å². The summed E-state index contributed by atoms with van der Waals surface area (Å²) in [5, 5.41) is 9.78. The fourth-order valence-corrected chi connectivity index (χ4v) is 2.80. The number of aliphatic hydroxyl groups excluding tert-OH is 1. The van der Waals surface area contributed by atoms with Crippen molar-refractivity contribution >= 4 is 25.1 Å². The molecule has 112 valence electrons. The summed E-state index contributed by atoms with van der Waals surface area (Å²) in [5.41, 5.74) is 0. The van der Waals surface area contributed by atoms with Crippen LogP contribution in [-0.2, 0) is 22.7 Å². The highest BCUT2D eigenvalue weighted by molar-refractivity contribution is 7.46. The molecule has 1 saturated carbocycles. The molecule has 0 aromatic rings. The van der Waals surface area contributed by atoms with Gasteiger partial charge in [0.25, 0.3) is 0 Å². The van der Waals surface area contributed by atoms with Gasteiger partial charge in [0.05, 0.1) is 6.10 Å². The quantitative estimate of drug-likeness (QED) is 0.389. The van der Waals surface area contributed by atoms with E-state index in [1.165, 1.54) is 6.42 Å². The monoisotopic (exact) mass is 338 g/mol. The van der Waals surface area contributed by atoms with Gasteiger partial charge in [-0.3, -0.25) is 9.05 Å². The Morgan fingerprint density at radius 1 is 0.947 bits per heavy atom. The standard InChI is InChI=1S/C6H13O10P3/c7-5-3(15-18(8,9)10)1-2-4(14-17)6(5)16-19(11,12)13/h1-7H,17H2,(H2,8,9,10)(H2,11,12,13)/t3-,4-,5+,6+/m1/s1. The first-order chi connectivity index (χ1) is 8.53. The molecule has 1 rings (SSSR count). The van der Waals surface area contributed by atoms with E-state index < -0.39 is 40.1 Å². The highest BCUT2D eigenvalue weighted by Crippen LogP contribution is 2.45. The van der Waals surface area contributed by atoms with Gasteiger partial charge in [0, 0.05) is 9.47 Å². The third kappa shape index (κ3) is 5.83. The first-order valence-electron chi connectivity index (χ1n) is 4.73. The zero-order valence-corrected chi connectivity index (χ0v) is 12.2. The van der Waals surface area contributed by atoms with Gasteiger partial charge in [0.2, 0.25) is 0 Å². The Morgan fingerprint density at radius 3 is 1.84 bits per heavy atom. The van der Waals surface area contributed by atoms with Crippen molar-refractivity contribution in [2.75, 3.05) is 0 Å². The molecule has 0 amide bonds. The second kappa shape index (κ2) is 6.56. The number of rotatable bonds is 5. The minimum Gasteiger partial charge on any atom is -0.388 e. The Hall–Kier alpha value is 0.570. The second-order valence-corrected chi connectivity index (χ2v) is 6.25. The highest BCUT2D eigenvalue weighted by atomic mass is 31.2. The van der Waals surface area contributed by atoms with Crippen molar-refractivity contribution in [3.8, 4) is 0 Å². The van der Waals surface area contributed by atoms with Crippen LogP contribution in [0.3, 0.4) is 0 Å². The SMILES string of the molecule is O=P(O)(O)O[C@@H]1[C@@H](O)[C@H](OP(=O)(O)O)[CH][CH][C@H]1OP. The van der Waals surface area contributed by atoms with Crippen molar-refractivity contribution in [1.82, 2.24) is 0 Å². The van der Waals surface area contributed by atoms with E-state index in [0.29, 0.717) is 0 Å². The molecule has 5 atom stereocenters. The molecule has 1 fully saturated rings. The molecule has 0 aromatic heterocycles. The lowest BCUT2D eigenvalue weighted by molar-refractivity contribution is -0.0861. The van der Waals surface area contributed by atoms with Crippen LogP contribution in [0.1, 0.15) is 0 Å². The third-order valence-corrected chi connectivity index (χ3v) is 3.51. The summed E-state index contributed by atoms with van der Waals surface area (Å²) in [5.74, 6) is 0. The van der Waals surface area contributed by atoms with E-state index in [0.717, 1.165) is 6.42 Å². The average molecular weight is 338 g/mol. The molecular weight excluding hydrogens is 325 g/mol. The molecule has 10 nitrogen and oxygen atoms in total. The summed E-state index contributed by atoms with van der Waals surface area (Å²) in [7, 11) is -8.00. The van der Waals surface area contributed by atoms with Gasteiger partial charge >= 0.3 is 15.6 Å². The predicted molar refractivity (Wildman–Crippen MR) is 63.0 cm³/mol. The highest BCUT2D eigenvalue weighted by Gasteiger charge is 2.45. The smallest absolute Gasteiger partial charge is 0.388 e. The first kappa shape index (κ1) is 17.6. The number of phosphoric ester groups is 2. The summed E-state index contributed by atoms with van der Waals surface area (Å²) in [6.45, 7) is 0. The van der Waals surface area contributed by atoms with Gasteiger partial charge in [0.15, 0.2) is 0 Å². The van der Waals surface area contributed by atoms with Crippen molar-refractivity contribution < 1.29 is 47.4 Å². The molecule has 0 bridgehead atoms. The fraction of sp³-hybridized carbons (Fsp3) is 0.667. The summed E-state index contributed by atoms with van der Waals surface area (Å²) in [6.07, 6.45) is -3.54. The third-order valence-electron chi connectivity index (χ3n) is 2.16. The largest absolute Gasteiger partial charge is 0.470 e. The zero-order valence-electron chi connectivity index (χ0n) is 9.21. The van der Waals surface area contributed by atoms with Gasteiger partial charge in [-0.2, -0.15) is 0 Å². The van der Waals surface area contributed by atoms with E-state index >= 15 is 0 Å². The average Bonchev–Trinajstić information content (AvgIpc) is 2.21. The topological polar surface area (TPSA) is 163 Å². The molecule has 0 aromatic carbocycles. The van der Waals surface area contributed by atoms with Crippen LogP contribution < -0.4 is 0 Å². The summed E-state index contributed by atoms with van der Waals surface area (Å²) >= 11 is 0. The van der Waals surface area contributed by atoms with Crippen LogP contribution in [0.5, 0.6) is 0 Å². The lowest BCUT2D eigenvalue weighted by Crippen LogP contribution is -2.51. The maximum atomic E-state index is 10.8. The van der Waals surface area contributed by atoms with E-state index in [1.54, 1.807) is 0 Å². The van der Waals surface area contributed by atoms with Gasteiger partial charge in [-0.15, -0.1) is 0 Å². The van der Waals surface area contributed by atoms with Crippen LogP contribution >= 0.6 is 25.1 Å². The van der Waals surface area contributed by atoms with Crippen molar-refractivity contribution in [1.29, 1.82) is 0 Å². The maximum Gasteiger partial charge on any atom is 0.470 e. The molecule has 0 spiro atoms. The van der Waals surface area contributed by atoms with E-state index in [1.807, 2.05) is 9.47 Å². The molecule has 2 radical (unpaired) electrons. The second-order valence-electron chi connectivity index (χ2n) is 3.60. The van der Waals surface area contributed by atoms with Crippen LogP contribution in [-0.4, -0.2) is 49.1 Å². The summed E-state index contributed by atoms with van der Waals surface area (Å²) in [4.78, 5) is 34.7. The molecule has 1 aliphatic rings. The van der Waals surface area contributed by atoms with Crippen LogP contribution in [0.4, 0.5) is 0 Å². The molecule has 13 heteroatoms. The molecule has 1 aliphatic carbocycles. The molecule has 1 unspecified atom stereocenters. The number of phosphoric acid groups is 2. The molecular formula is C6H13O10P3. The Labute approximate surface area is 110 Å². The van der Waals surface area contributed by atoms with Gasteiger partial charge in [0.1, 0.15) is 18.3 Å². The Bertz CT molecular complexity index is 389. The molecule has 0 heterocycles. The Morgan fingerprint density at radius 2 is 1.42 bits per heavy atom. The fourth-order valence-electron chi connectivity index (χ4n) is 1.48. The van der Waals surface area contributed by atoms with Crippen molar-refractivity contribution in [3.05, 3.63) is 12.8 Å². The Balaban J connectivity index is 2.83. The lowest BCUT2D eigenvalue weighted by Gasteiger charge is -2.38. The summed E-state index contributed by atoms with van der Waals surface area (Å²) < 4.78 is 34.8. The van der Waals surface area contributed by atoms with E-state index in [4.69, 9.17) is 24.1 Å². The van der Waals surface area contributed by atoms with Crippen molar-refractivity contribution in [2.45, 2.75) is 24.4 Å². The normalized spacial score (nSPS) is 33.4. The predicted octanol–water partition coefficient (Wildman–Crippen LogP) is -1.10. The van der Waals surface area contributed by atoms with E-state index in [-0.39, 0.29) is 0 Å². The number of hydrogen-bond acceptors (Lipinski definition) is 6. The molecule has 5 N–H and O–H groups in total. The first-order valence-corrected chi connectivity index (χ1v) is 8.26. The maximum absolute atomic E-state index is 10.8. The van der Waals surface area contributed by atoms with Crippen molar-refractivity contribution in [3.63, 3.8) is 0 Å². The molecule has 0 saturated heterocycles. The summed E-state index contributed by atoms with van der Waals surface area (Å²) in [6, 6.07) is 0. The number of hydrogen-bond donors (Lipinski definition) is 5. The molecule has 19 heavy (non-hydrogen) atoms. The lowest BCUT2D eigenvalue weighted by atomic mass is 9.90. The van der Waals surface area contributed by atoms with Crippen LogP contribution in [0, 0.1) is 12.8 Å². The van der Waals surface area contributed by atoms with Gasteiger partial charge < -0.3 is 29.2 Å². The van der Waals surface area contributed by atoms with Crippen LogP contribution in [0.25, 0.3) is 0 Å². The minimum absolute atomic E-state index is 1.04. The zero-order chi connectivity index (χ0) is 14.8. The van der Waals surface area contributed by atoms with Gasteiger partial charge in [-0.1, -0.05) is 0 Å². The van der Waals surface area contributed by atoms with E-state index in [9.17, 15) is 14.2 Å². The Kier molecular flexibility index (Phi) is 6.08. The van der Waals surface area contributed by atoms with Crippen molar-refractivity contribution in [2.24, 2.45) is 0 Å². The minimum atomic E-state index is -4.93. The molecule has 0 aliphatic heterocycles. The van der Waals surface area contributed by atoms with E-state index in [2.05, 4.69) is 9.05 Å². The van der Waals surface area contributed by atoms with Crippen LogP contribution in [0.15, 0.2) is 0 Å². The number of aliphatic hydroxyl groups is 1.